The van der Waals surface area contributed by atoms with E-state index >= 15 is 0 Å². The molecule has 0 radical (unpaired) electrons. The van der Waals surface area contributed by atoms with Crippen LogP contribution < -0.4 is 5.73 Å². The number of likely N-dealkylation sites (tertiary alicyclic amines) is 1. The average molecular weight is 250 g/mol. The fourth-order valence-corrected chi connectivity index (χ4v) is 2.60. The van der Waals surface area contributed by atoms with E-state index in [1.807, 2.05) is 0 Å². The van der Waals surface area contributed by atoms with Crippen molar-refractivity contribution in [3.05, 3.63) is 35.1 Å². The van der Waals surface area contributed by atoms with Crippen molar-refractivity contribution >= 4 is 5.91 Å². The standard InChI is InChI=1S/C14H19FN2O/c1-9-5-12(16)8-17(7-9)14(18)13-4-3-11(15)6-10(13)2/h3-4,6,9,12H,5,7-8,16H2,1-2H3. The minimum absolute atomic E-state index is 0.0402. The van der Waals surface area contributed by atoms with Crippen LogP contribution in [-0.4, -0.2) is 29.9 Å². The van der Waals surface area contributed by atoms with Gasteiger partial charge in [0.05, 0.1) is 0 Å². The van der Waals surface area contributed by atoms with Crippen molar-refractivity contribution in [1.82, 2.24) is 4.90 Å². The Labute approximate surface area is 107 Å². The predicted molar refractivity (Wildman–Crippen MR) is 68.8 cm³/mol. The van der Waals surface area contributed by atoms with Gasteiger partial charge in [0.25, 0.3) is 5.91 Å². The number of amides is 1. The lowest BCUT2D eigenvalue weighted by atomic mass is 9.95. The number of carbonyl (C=O) groups excluding carboxylic acids is 1. The molecule has 1 heterocycles. The van der Waals surface area contributed by atoms with Crippen LogP contribution in [-0.2, 0) is 0 Å². The highest BCUT2D eigenvalue weighted by molar-refractivity contribution is 5.95. The van der Waals surface area contributed by atoms with Crippen LogP contribution >= 0.6 is 0 Å². The molecule has 1 aromatic rings. The molecule has 1 aliphatic rings. The normalized spacial score (nSPS) is 24.1. The summed E-state index contributed by atoms with van der Waals surface area (Å²) >= 11 is 0. The van der Waals surface area contributed by atoms with Gasteiger partial charge in [0.1, 0.15) is 5.82 Å². The molecule has 1 aliphatic heterocycles. The van der Waals surface area contributed by atoms with Crippen molar-refractivity contribution in [2.24, 2.45) is 11.7 Å². The van der Waals surface area contributed by atoms with E-state index in [2.05, 4.69) is 6.92 Å². The zero-order valence-electron chi connectivity index (χ0n) is 10.8. The number of hydrogen-bond donors (Lipinski definition) is 1. The van der Waals surface area contributed by atoms with Gasteiger partial charge in [-0.25, -0.2) is 4.39 Å². The topological polar surface area (TPSA) is 46.3 Å². The maximum Gasteiger partial charge on any atom is 0.254 e. The second kappa shape index (κ2) is 5.06. The van der Waals surface area contributed by atoms with Crippen molar-refractivity contribution in [2.45, 2.75) is 26.3 Å². The highest BCUT2D eigenvalue weighted by Crippen LogP contribution is 2.19. The summed E-state index contributed by atoms with van der Waals surface area (Å²) in [4.78, 5) is 14.1. The van der Waals surface area contributed by atoms with E-state index in [0.717, 1.165) is 13.0 Å². The third kappa shape index (κ3) is 2.70. The molecule has 0 spiro atoms. The Bertz CT molecular complexity index is 451. The van der Waals surface area contributed by atoms with Crippen molar-refractivity contribution < 1.29 is 9.18 Å². The molecule has 4 heteroatoms. The first kappa shape index (κ1) is 13.0. The van der Waals surface area contributed by atoms with Gasteiger partial charge in [0, 0.05) is 24.7 Å². The van der Waals surface area contributed by atoms with E-state index in [1.54, 1.807) is 17.9 Å². The van der Waals surface area contributed by atoms with Gasteiger partial charge in [-0.1, -0.05) is 6.92 Å². The fourth-order valence-electron chi connectivity index (χ4n) is 2.60. The number of benzene rings is 1. The highest BCUT2D eigenvalue weighted by atomic mass is 19.1. The van der Waals surface area contributed by atoms with Crippen LogP contribution in [0.4, 0.5) is 4.39 Å². The van der Waals surface area contributed by atoms with E-state index in [-0.39, 0.29) is 17.8 Å². The maximum atomic E-state index is 13.0. The molecule has 18 heavy (non-hydrogen) atoms. The summed E-state index contributed by atoms with van der Waals surface area (Å²) in [7, 11) is 0. The Morgan fingerprint density at radius 2 is 2.17 bits per heavy atom. The Hall–Kier alpha value is -1.42. The Balaban J connectivity index is 2.20. The van der Waals surface area contributed by atoms with E-state index in [4.69, 9.17) is 5.73 Å². The van der Waals surface area contributed by atoms with Crippen LogP contribution in [0.3, 0.4) is 0 Å². The van der Waals surface area contributed by atoms with E-state index in [9.17, 15) is 9.18 Å². The monoisotopic (exact) mass is 250 g/mol. The molecule has 1 saturated heterocycles. The van der Waals surface area contributed by atoms with Crippen LogP contribution in [0.1, 0.15) is 29.3 Å². The molecule has 2 atom stereocenters. The van der Waals surface area contributed by atoms with E-state index in [1.165, 1.54) is 12.1 Å². The van der Waals surface area contributed by atoms with Gasteiger partial charge in [0.2, 0.25) is 0 Å². The first-order chi connectivity index (χ1) is 8.47. The molecule has 0 aromatic heterocycles. The molecule has 0 aliphatic carbocycles. The minimum Gasteiger partial charge on any atom is -0.337 e. The molecule has 0 bridgehead atoms. The van der Waals surface area contributed by atoms with E-state index in [0.29, 0.717) is 23.6 Å². The predicted octanol–water partition coefficient (Wildman–Crippen LogP) is 1.94. The second-order valence-corrected chi connectivity index (χ2v) is 5.27. The lowest BCUT2D eigenvalue weighted by Gasteiger charge is -2.35. The molecule has 1 fully saturated rings. The summed E-state index contributed by atoms with van der Waals surface area (Å²) < 4.78 is 13.0. The van der Waals surface area contributed by atoms with E-state index < -0.39 is 0 Å². The van der Waals surface area contributed by atoms with Gasteiger partial charge in [-0.2, -0.15) is 0 Å². The smallest absolute Gasteiger partial charge is 0.254 e. The third-order valence-corrected chi connectivity index (χ3v) is 3.40. The number of piperidine rings is 1. The van der Waals surface area contributed by atoms with Crippen molar-refractivity contribution in [1.29, 1.82) is 0 Å². The van der Waals surface area contributed by atoms with Crippen molar-refractivity contribution in [3.63, 3.8) is 0 Å². The van der Waals surface area contributed by atoms with Gasteiger partial charge >= 0.3 is 0 Å². The summed E-state index contributed by atoms with van der Waals surface area (Å²) in [5.41, 5.74) is 7.18. The fraction of sp³-hybridized carbons (Fsp3) is 0.500. The largest absolute Gasteiger partial charge is 0.337 e. The third-order valence-electron chi connectivity index (χ3n) is 3.40. The summed E-state index contributed by atoms with van der Waals surface area (Å²) in [6.07, 6.45) is 0.951. The van der Waals surface area contributed by atoms with Crippen LogP contribution in [0.5, 0.6) is 0 Å². The van der Waals surface area contributed by atoms with Crippen LogP contribution in [0.15, 0.2) is 18.2 Å². The highest BCUT2D eigenvalue weighted by Gasteiger charge is 2.27. The zero-order valence-corrected chi connectivity index (χ0v) is 10.8. The first-order valence-electron chi connectivity index (χ1n) is 6.28. The van der Waals surface area contributed by atoms with Gasteiger partial charge in [0.15, 0.2) is 0 Å². The van der Waals surface area contributed by atoms with Gasteiger partial charge < -0.3 is 10.6 Å². The van der Waals surface area contributed by atoms with Crippen LogP contribution in [0.25, 0.3) is 0 Å². The molecule has 98 valence electrons. The molecule has 2 rings (SSSR count). The SMILES string of the molecule is Cc1cc(F)ccc1C(=O)N1CC(C)CC(N)C1. The van der Waals surface area contributed by atoms with Crippen LogP contribution in [0.2, 0.25) is 0 Å². The zero-order chi connectivity index (χ0) is 13.3. The molecular weight excluding hydrogens is 231 g/mol. The minimum atomic E-state index is -0.312. The molecule has 1 amide bonds. The van der Waals surface area contributed by atoms with Gasteiger partial charge in [-0.05, 0) is 43.0 Å². The number of nitrogens with two attached hydrogens (primary N) is 1. The summed E-state index contributed by atoms with van der Waals surface area (Å²) in [5.74, 6) is 0.0562. The Morgan fingerprint density at radius 3 is 2.78 bits per heavy atom. The molecule has 2 N–H and O–H groups in total. The summed E-state index contributed by atoms with van der Waals surface area (Å²) in [6.45, 7) is 5.16. The molecule has 1 aromatic carbocycles. The number of rotatable bonds is 1. The Morgan fingerprint density at radius 1 is 1.44 bits per heavy atom. The summed E-state index contributed by atoms with van der Waals surface area (Å²) in [6, 6.07) is 4.31. The number of halogens is 1. The summed E-state index contributed by atoms with van der Waals surface area (Å²) in [5, 5.41) is 0. The molecule has 3 nitrogen and oxygen atoms in total. The second-order valence-electron chi connectivity index (χ2n) is 5.27. The maximum absolute atomic E-state index is 13.0. The number of nitrogens with zero attached hydrogens (tertiary/aromatic N) is 1. The number of hydrogen-bond acceptors (Lipinski definition) is 2. The quantitative estimate of drug-likeness (QED) is 0.828. The lowest BCUT2D eigenvalue weighted by Crippen LogP contribution is -2.48. The first-order valence-corrected chi connectivity index (χ1v) is 6.28. The number of aryl methyl sites for hydroxylation is 1. The Kier molecular flexibility index (Phi) is 3.66. The van der Waals surface area contributed by atoms with Crippen molar-refractivity contribution in [2.75, 3.05) is 13.1 Å². The average Bonchev–Trinajstić information content (AvgIpc) is 2.26. The molecular formula is C14H19FN2O. The lowest BCUT2D eigenvalue weighted by molar-refractivity contribution is 0.0660. The van der Waals surface area contributed by atoms with Gasteiger partial charge in [-0.3, -0.25) is 4.79 Å². The number of carbonyl (C=O) groups is 1. The molecule has 2 unspecified atom stereocenters. The van der Waals surface area contributed by atoms with Crippen molar-refractivity contribution in [3.8, 4) is 0 Å². The van der Waals surface area contributed by atoms with Gasteiger partial charge in [-0.15, -0.1) is 0 Å². The molecule has 0 saturated carbocycles. The van der Waals surface area contributed by atoms with Crippen LogP contribution in [0, 0.1) is 18.7 Å².